The Balaban J connectivity index is 1.37. The first kappa shape index (κ1) is 29.5. The topological polar surface area (TPSA) is 118 Å². The van der Waals surface area contributed by atoms with Crippen LogP contribution in [0.1, 0.15) is 12.0 Å². The molecule has 1 saturated heterocycles. The molecule has 0 bridgehead atoms. The number of hydrogen-bond donors (Lipinski definition) is 3. The third-order valence-electron chi connectivity index (χ3n) is 6.19. The Morgan fingerprint density at radius 3 is 2.57 bits per heavy atom. The number of pyridine rings is 1. The van der Waals surface area contributed by atoms with Gasteiger partial charge in [-0.1, -0.05) is 23.7 Å². The molecule has 3 N–H and O–H groups in total. The number of piperidine rings is 1. The third-order valence-corrected chi connectivity index (χ3v) is 7.67. The van der Waals surface area contributed by atoms with Crippen LogP contribution in [0.25, 0.3) is 11.3 Å². The van der Waals surface area contributed by atoms with Crippen LogP contribution in [-0.4, -0.2) is 48.7 Å². The lowest BCUT2D eigenvalue weighted by atomic mass is 10.1. The van der Waals surface area contributed by atoms with E-state index >= 15 is 4.39 Å². The number of nitrogens with one attached hydrogen (secondary N) is 3. The van der Waals surface area contributed by atoms with Gasteiger partial charge in [-0.3, -0.25) is 4.72 Å². The molecule has 1 fully saturated rings. The van der Waals surface area contributed by atoms with Gasteiger partial charge in [-0.15, -0.1) is 0 Å². The van der Waals surface area contributed by atoms with Crippen LogP contribution in [0.3, 0.4) is 0 Å². The molecule has 220 valence electrons. The molecule has 9 nitrogen and oxygen atoms in total. The highest BCUT2D eigenvalue weighted by molar-refractivity contribution is 7.91. The standard InChI is InChI=1S/C27H23ClF4N6O3S/c28-16-5-3-15(4-6-16)14-42(39,40)38-25-20(30)11-22(23(31)24(25)32)41-26-19(2-1-8-34-26)21-7-9-35-27(37-21)36-18-10-17(29)12-33-13-18/h1-9,11,17-18,33,38H,10,12-14H2,(H,35,36,37)/t17-,18-/m0/s1. The zero-order chi connectivity index (χ0) is 29.9. The van der Waals surface area contributed by atoms with Crippen molar-refractivity contribution in [2.75, 3.05) is 23.1 Å². The summed E-state index contributed by atoms with van der Waals surface area (Å²) in [4.78, 5) is 12.6. The molecule has 0 aliphatic carbocycles. The van der Waals surface area contributed by atoms with Crippen molar-refractivity contribution in [3.8, 4) is 22.9 Å². The largest absolute Gasteiger partial charge is 0.435 e. The molecule has 3 heterocycles. The van der Waals surface area contributed by atoms with Gasteiger partial charge >= 0.3 is 0 Å². The number of ether oxygens (including phenoxy) is 1. The maximum absolute atomic E-state index is 15.0. The first-order valence-electron chi connectivity index (χ1n) is 12.6. The maximum atomic E-state index is 15.0. The van der Waals surface area contributed by atoms with Gasteiger partial charge in [0, 0.05) is 49.0 Å². The summed E-state index contributed by atoms with van der Waals surface area (Å²) in [5.74, 6) is -6.42. The summed E-state index contributed by atoms with van der Waals surface area (Å²) in [6.45, 7) is 0.780. The summed E-state index contributed by atoms with van der Waals surface area (Å²) < 4.78 is 91.0. The zero-order valence-electron chi connectivity index (χ0n) is 21.6. The molecule has 2 atom stereocenters. The van der Waals surface area contributed by atoms with E-state index in [1.807, 2.05) is 0 Å². The first-order valence-corrected chi connectivity index (χ1v) is 14.6. The van der Waals surface area contributed by atoms with Gasteiger partial charge in [0.15, 0.2) is 17.4 Å². The molecule has 4 aromatic rings. The minimum atomic E-state index is -4.33. The van der Waals surface area contributed by atoms with Gasteiger partial charge < -0.3 is 15.4 Å². The minimum absolute atomic E-state index is 0.196. The predicted molar refractivity (Wildman–Crippen MR) is 149 cm³/mol. The highest BCUT2D eigenvalue weighted by atomic mass is 35.5. The number of rotatable bonds is 9. The second-order valence-corrected chi connectivity index (χ2v) is 11.6. The van der Waals surface area contributed by atoms with E-state index in [2.05, 4.69) is 25.6 Å². The molecule has 5 rings (SSSR count). The van der Waals surface area contributed by atoms with Crippen LogP contribution in [0.15, 0.2) is 60.9 Å². The third kappa shape index (κ3) is 7.06. The van der Waals surface area contributed by atoms with Crippen LogP contribution in [0.2, 0.25) is 5.02 Å². The predicted octanol–water partition coefficient (Wildman–Crippen LogP) is 5.46. The van der Waals surface area contributed by atoms with Crippen molar-refractivity contribution in [1.82, 2.24) is 20.3 Å². The molecule has 1 aliphatic rings. The van der Waals surface area contributed by atoms with Crippen LogP contribution in [0, 0.1) is 17.5 Å². The van der Waals surface area contributed by atoms with Crippen molar-refractivity contribution in [1.29, 1.82) is 0 Å². The van der Waals surface area contributed by atoms with E-state index in [0.29, 0.717) is 23.2 Å². The van der Waals surface area contributed by atoms with Gasteiger partial charge in [0.05, 0.1) is 17.0 Å². The van der Waals surface area contributed by atoms with Gasteiger partial charge in [-0.2, -0.15) is 4.39 Å². The Labute approximate surface area is 243 Å². The van der Waals surface area contributed by atoms with Crippen LogP contribution >= 0.6 is 11.6 Å². The van der Waals surface area contributed by atoms with Crippen molar-refractivity contribution < 1.29 is 30.7 Å². The number of alkyl halides is 1. The fourth-order valence-electron chi connectivity index (χ4n) is 4.26. The van der Waals surface area contributed by atoms with Crippen LogP contribution < -0.4 is 20.1 Å². The highest BCUT2D eigenvalue weighted by Crippen LogP contribution is 2.36. The lowest BCUT2D eigenvalue weighted by Gasteiger charge is -2.26. The number of aromatic nitrogens is 3. The summed E-state index contributed by atoms with van der Waals surface area (Å²) >= 11 is 5.79. The average molecular weight is 623 g/mol. The van der Waals surface area contributed by atoms with E-state index in [1.165, 1.54) is 48.8 Å². The summed E-state index contributed by atoms with van der Waals surface area (Å²) in [5.41, 5.74) is -0.389. The number of sulfonamides is 1. The van der Waals surface area contributed by atoms with Gasteiger partial charge in [0.1, 0.15) is 11.9 Å². The van der Waals surface area contributed by atoms with E-state index in [-0.39, 0.29) is 42.1 Å². The molecule has 1 aliphatic heterocycles. The molecule has 0 amide bonds. The fraction of sp³-hybridized carbons (Fsp3) is 0.222. The number of hydrogen-bond acceptors (Lipinski definition) is 8. The minimum Gasteiger partial charge on any atom is -0.435 e. The Morgan fingerprint density at radius 1 is 1.02 bits per heavy atom. The zero-order valence-corrected chi connectivity index (χ0v) is 23.2. The lowest BCUT2D eigenvalue weighted by molar-refractivity contribution is 0.254. The highest BCUT2D eigenvalue weighted by Gasteiger charge is 2.26. The molecule has 0 spiro atoms. The van der Waals surface area contributed by atoms with Crippen LogP contribution in [-0.2, 0) is 15.8 Å². The van der Waals surface area contributed by atoms with E-state index in [4.69, 9.17) is 16.3 Å². The number of halogens is 5. The lowest BCUT2D eigenvalue weighted by Crippen LogP contribution is -2.44. The number of nitrogens with zero attached hydrogens (tertiary/aromatic N) is 3. The normalized spacial score (nSPS) is 17.1. The van der Waals surface area contributed by atoms with Crippen molar-refractivity contribution >= 4 is 33.3 Å². The molecular formula is C27H23ClF4N6O3S. The van der Waals surface area contributed by atoms with Gasteiger partial charge in [-0.25, -0.2) is 36.5 Å². The van der Waals surface area contributed by atoms with Gasteiger partial charge in [0.25, 0.3) is 0 Å². The molecule has 2 aromatic heterocycles. The van der Waals surface area contributed by atoms with Crippen molar-refractivity contribution in [3.05, 3.63) is 89.0 Å². The molecule has 0 unspecified atom stereocenters. The smallest absolute Gasteiger partial charge is 0.237 e. The van der Waals surface area contributed by atoms with Crippen LogP contribution in [0.4, 0.5) is 29.2 Å². The summed E-state index contributed by atoms with van der Waals surface area (Å²) in [5, 5.41) is 6.39. The Hall–Kier alpha value is -4.01. The first-order chi connectivity index (χ1) is 20.1. The van der Waals surface area contributed by atoms with E-state index in [0.717, 1.165) is 0 Å². The average Bonchev–Trinajstić information content (AvgIpc) is 2.95. The Kier molecular flexibility index (Phi) is 8.75. The summed E-state index contributed by atoms with van der Waals surface area (Å²) in [7, 11) is -4.33. The Morgan fingerprint density at radius 2 is 1.81 bits per heavy atom. The van der Waals surface area contributed by atoms with Crippen molar-refractivity contribution in [2.45, 2.75) is 24.4 Å². The molecule has 0 radical (unpaired) electrons. The number of anilines is 2. The van der Waals surface area contributed by atoms with Gasteiger partial charge in [0.2, 0.25) is 27.7 Å². The van der Waals surface area contributed by atoms with E-state index in [9.17, 15) is 21.6 Å². The van der Waals surface area contributed by atoms with Crippen molar-refractivity contribution in [2.24, 2.45) is 0 Å². The SMILES string of the molecule is O=S(=O)(Cc1ccc(Cl)cc1)Nc1c(F)cc(Oc2ncccc2-c2ccnc(N[C@@H]3CNC[C@@H](F)C3)n2)c(F)c1F. The Bertz CT molecular complexity index is 1700. The second-order valence-electron chi connectivity index (χ2n) is 9.40. The number of benzene rings is 2. The summed E-state index contributed by atoms with van der Waals surface area (Å²) in [6, 6.07) is 10.6. The van der Waals surface area contributed by atoms with E-state index < -0.39 is 50.8 Å². The van der Waals surface area contributed by atoms with Gasteiger partial charge in [-0.05, 0) is 35.9 Å². The molecule has 15 heteroatoms. The second kappa shape index (κ2) is 12.5. The maximum Gasteiger partial charge on any atom is 0.237 e. The fourth-order valence-corrected chi connectivity index (χ4v) is 5.59. The summed E-state index contributed by atoms with van der Waals surface area (Å²) in [6.07, 6.45) is 2.01. The molecule has 42 heavy (non-hydrogen) atoms. The molecular weight excluding hydrogens is 600 g/mol. The molecule has 2 aromatic carbocycles. The van der Waals surface area contributed by atoms with E-state index in [1.54, 1.807) is 10.8 Å². The molecule has 0 saturated carbocycles. The van der Waals surface area contributed by atoms with Crippen molar-refractivity contribution in [3.63, 3.8) is 0 Å². The monoisotopic (exact) mass is 622 g/mol. The van der Waals surface area contributed by atoms with Crippen LogP contribution in [0.5, 0.6) is 11.6 Å². The quantitative estimate of drug-likeness (QED) is 0.167.